The minimum Gasteiger partial charge on any atom is -0.300 e. The number of ketones is 1. The van der Waals surface area contributed by atoms with Crippen molar-refractivity contribution in [2.75, 3.05) is 0 Å². The van der Waals surface area contributed by atoms with Gasteiger partial charge >= 0.3 is 0 Å². The highest BCUT2D eigenvalue weighted by Gasteiger charge is 2.30. The predicted octanol–water partition coefficient (Wildman–Crippen LogP) is 2.71. The molecule has 1 aliphatic rings. The van der Waals surface area contributed by atoms with Gasteiger partial charge in [-0.15, -0.1) is 0 Å². The molecule has 16 heavy (non-hydrogen) atoms. The van der Waals surface area contributed by atoms with Crippen LogP contribution >= 0.6 is 11.6 Å². The largest absolute Gasteiger partial charge is 0.300 e. The van der Waals surface area contributed by atoms with Crippen LogP contribution in [-0.2, 0) is 4.79 Å². The van der Waals surface area contributed by atoms with E-state index in [9.17, 15) is 4.79 Å². The maximum absolute atomic E-state index is 11.4. The van der Waals surface area contributed by atoms with E-state index in [1.54, 1.807) is 12.3 Å². The Morgan fingerprint density at radius 1 is 1.50 bits per heavy atom. The molecule has 1 aliphatic carbocycles. The van der Waals surface area contributed by atoms with Gasteiger partial charge in [0.2, 0.25) is 0 Å². The standard InChI is InChI=1S/C12H11ClN2O/c13-12-4-2-9(7-15-12)11-5-10(16)3-1-8(11)6-14/h2,4,7-8,11H,1,3,5H2. The van der Waals surface area contributed by atoms with Crippen LogP contribution in [-0.4, -0.2) is 10.8 Å². The molecule has 1 fully saturated rings. The van der Waals surface area contributed by atoms with Crippen LogP contribution in [0.4, 0.5) is 0 Å². The fraction of sp³-hybridized carbons (Fsp3) is 0.417. The third kappa shape index (κ3) is 2.23. The third-order valence-electron chi connectivity index (χ3n) is 3.01. The highest BCUT2D eigenvalue weighted by atomic mass is 35.5. The van der Waals surface area contributed by atoms with Gasteiger partial charge in [-0.05, 0) is 18.1 Å². The second-order valence-corrected chi connectivity index (χ2v) is 4.43. The first-order chi connectivity index (χ1) is 7.70. The van der Waals surface area contributed by atoms with Gasteiger partial charge in [0.1, 0.15) is 10.9 Å². The van der Waals surface area contributed by atoms with Crippen molar-refractivity contribution >= 4 is 17.4 Å². The summed E-state index contributed by atoms with van der Waals surface area (Å²) in [5.74, 6) is 0.128. The number of aromatic nitrogens is 1. The molecule has 1 aromatic rings. The predicted molar refractivity (Wildman–Crippen MR) is 59.9 cm³/mol. The molecule has 2 rings (SSSR count). The molecule has 3 nitrogen and oxygen atoms in total. The van der Waals surface area contributed by atoms with Crippen LogP contribution in [0.15, 0.2) is 18.3 Å². The van der Waals surface area contributed by atoms with E-state index in [1.807, 2.05) is 6.07 Å². The number of hydrogen-bond donors (Lipinski definition) is 0. The van der Waals surface area contributed by atoms with Crippen molar-refractivity contribution < 1.29 is 4.79 Å². The van der Waals surface area contributed by atoms with Crippen molar-refractivity contribution in [2.45, 2.75) is 25.2 Å². The Kier molecular flexibility index (Phi) is 3.21. The number of pyridine rings is 1. The molecule has 0 bridgehead atoms. The summed E-state index contributed by atoms with van der Waals surface area (Å²) in [4.78, 5) is 15.4. The minimum absolute atomic E-state index is 0.0176. The van der Waals surface area contributed by atoms with Crippen LogP contribution in [0, 0.1) is 17.2 Å². The van der Waals surface area contributed by atoms with E-state index in [1.165, 1.54) is 0 Å². The Morgan fingerprint density at radius 3 is 2.94 bits per heavy atom. The van der Waals surface area contributed by atoms with Gasteiger partial charge in [-0.25, -0.2) is 4.98 Å². The van der Waals surface area contributed by atoms with E-state index in [4.69, 9.17) is 16.9 Å². The second kappa shape index (κ2) is 4.63. The van der Waals surface area contributed by atoms with Crippen LogP contribution in [0.1, 0.15) is 30.7 Å². The number of carbonyl (C=O) groups is 1. The fourth-order valence-electron chi connectivity index (χ4n) is 2.12. The zero-order valence-corrected chi connectivity index (χ0v) is 9.44. The lowest BCUT2D eigenvalue weighted by atomic mass is 9.76. The Morgan fingerprint density at radius 2 is 2.31 bits per heavy atom. The van der Waals surface area contributed by atoms with Crippen LogP contribution in [0.5, 0.6) is 0 Å². The van der Waals surface area contributed by atoms with Crippen LogP contribution in [0.25, 0.3) is 0 Å². The van der Waals surface area contributed by atoms with Crippen LogP contribution in [0.3, 0.4) is 0 Å². The lowest BCUT2D eigenvalue weighted by molar-refractivity contribution is -0.121. The number of Topliss-reactive ketones (excluding diaryl/α,β-unsaturated/α-hetero) is 1. The molecule has 82 valence electrons. The SMILES string of the molecule is N#CC1CCC(=O)CC1c1ccc(Cl)nc1. The molecule has 0 aromatic carbocycles. The Hall–Kier alpha value is -1.40. The minimum atomic E-state index is -0.0827. The number of rotatable bonds is 1. The first kappa shape index (κ1) is 11.1. The van der Waals surface area contributed by atoms with Gasteiger partial charge < -0.3 is 0 Å². The molecule has 1 aromatic heterocycles. The second-order valence-electron chi connectivity index (χ2n) is 4.04. The average molecular weight is 235 g/mol. The Balaban J connectivity index is 2.26. The van der Waals surface area contributed by atoms with E-state index in [-0.39, 0.29) is 17.6 Å². The van der Waals surface area contributed by atoms with Crippen molar-refractivity contribution in [3.8, 4) is 6.07 Å². The Bertz CT molecular complexity index is 435. The number of carbonyl (C=O) groups excluding carboxylic acids is 1. The molecule has 2 atom stereocenters. The fourth-order valence-corrected chi connectivity index (χ4v) is 2.23. The summed E-state index contributed by atoms with van der Waals surface area (Å²) in [6.07, 6.45) is 3.29. The van der Waals surface area contributed by atoms with Crippen molar-refractivity contribution in [1.29, 1.82) is 5.26 Å². The van der Waals surface area contributed by atoms with Gasteiger partial charge in [-0.3, -0.25) is 4.79 Å². The van der Waals surface area contributed by atoms with Crippen molar-refractivity contribution in [1.82, 2.24) is 4.98 Å². The van der Waals surface area contributed by atoms with Gasteiger partial charge in [0.05, 0.1) is 12.0 Å². The summed E-state index contributed by atoms with van der Waals surface area (Å²) in [5.41, 5.74) is 0.934. The third-order valence-corrected chi connectivity index (χ3v) is 3.24. The van der Waals surface area contributed by atoms with E-state index in [0.29, 0.717) is 24.4 Å². The molecular formula is C12H11ClN2O. The Labute approximate surface area is 99.1 Å². The molecule has 0 saturated heterocycles. The van der Waals surface area contributed by atoms with Gasteiger partial charge in [-0.2, -0.15) is 5.26 Å². The molecule has 1 heterocycles. The highest BCUT2D eigenvalue weighted by molar-refractivity contribution is 6.29. The summed E-state index contributed by atoms with van der Waals surface area (Å²) in [6, 6.07) is 5.82. The lowest BCUT2D eigenvalue weighted by Crippen LogP contribution is -2.22. The topological polar surface area (TPSA) is 53.8 Å². The number of hydrogen-bond acceptors (Lipinski definition) is 3. The molecule has 1 saturated carbocycles. The molecule has 2 unspecified atom stereocenters. The quantitative estimate of drug-likeness (QED) is 0.702. The molecule has 0 amide bonds. The van der Waals surface area contributed by atoms with Crippen molar-refractivity contribution in [2.24, 2.45) is 5.92 Å². The highest BCUT2D eigenvalue weighted by Crippen LogP contribution is 2.35. The lowest BCUT2D eigenvalue weighted by Gasteiger charge is -2.25. The number of halogens is 1. The maximum atomic E-state index is 11.4. The summed E-state index contributed by atoms with van der Waals surface area (Å²) >= 11 is 5.71. The van der Waals surface area contributed by atoms with Gasteiger partial charge in [0.25, 0.3) is 0 Å². The molecule has 0 aliphatic heterocycles. The van der Waals surface area contributed by atoms with Gasteiger partial charge in [-0.1, -0.05) is 17.7 Å². The molecular weight excluding hydrogens is 224 g/mol. The summed E-state index contributed by atoms with van der Waals surface area (Å²) in [6.45, 7) is 0. The number of nitriles is 1. The molecule has 0 N–H and O–H groups in total. The summed E-state index contributed by atoms with van der Waals surface area (Å²) in [7, 11) is 0. The molecule has 0 spiro atoms. The van der Waals surface area contributed by atoms with Gasteiger partial charge in [0, 0.05) is 25.0 Å². The van der Waals surface area contributed by atoms with Crippen molar-refractivity contribution in [3.63, 3.8) is 0 Å². The zero-order chi connectivity index (χ0) is 11.5. The smallest absolute Gasteiger partial charge is 0.133 e. The summed E-state index contributed by atoms with van der Waals surface area (Å²) < 4.78 is 0. The van der Waals surface area contributed by atoms with Crippen LogP contribution < -0.4 is 0 Å². The van der Waals surface area contributed by atoms with E-state index in [0.717, 1.165) is 5.56 Å². The van der Waals surface area contributed by atoms with E-state index >= 15 is 0 Å². The first-order valence-electron chi connectivity index (χ1n) is 5.23. The van der Waals surface area contributed by atoms with Gasteiger partial charge in [0.15, 0.2) is 0 Å². The maximum Gasteiger partial charge on any atom is 0.133 e. The number of nitrogens with zero attached hydrogens (tertiary/aromatic N) is 2. The normalized spacial score (nSPS) is 25.1. The summed E-state index contributed by atoms with van der Waals surface area (Å²) in [5, 5.41) is 9.49. The average Bonchev–Trinajstić information content (AvgIpc) is 2.30. The van der Waals surface area contributed by atoms with Crippen LogP contribution in [0.2, 0.25) is 5.15 Å². The monoisotopic (exact) mass is 234 g/mol. The first-order valence-corrected chi connectivity index (χ1v) is 5.61. The molecule has 0 radical (unpaired) electrons. The van der Waals surface area contributed by atoms with E-state index in [2.05, 4.69) is 11.1 Å². The molecule has 4 heteroatoms. The van der Waals surface area contributed by atoms with E-state index < -0.39 is 0 Å². The van der Waals surface area contributed by atoms with Crippen molar-refractivity contribution in [3.05, 3.63) is 29.0 Å². The zero-order valence-electron chi connectivity index (χ0n) is 8.69.